The van der Waals surface area contributed by atoms with Gasteiger partial charge in [0, 0.05) is 12.2 Å². The Morgan fingerprint density at radius 1 is 1.37 bits per heavy atom. The molecular weight excluding hydrogens is 240 g/mol. The van der Waals surface area contributed by atoms with E-state index in [0.717, 1.165) is 30.0 Å². The first-order chi connectivity index (χ1) is 9.13. The minimum absolute atomic E-state index is 0.310. The number of aryl methyl sites for hydroxylation is 1. The number of carboxylic acid groups (broad SMARTS) is 1. The lowest BCUT2D eigenvalue weighted by Gasteiger charge is -2.17. The highest BCUT2D eigenvalue weighted by atomic mass is 16.4. The Morgan fingerprint density at radius 3 is 2.53 bits per heavy atom. The summed E-state index contributed by atoms with van der Waals surface area (Å²) in [6, 6.07) is 3.24. The Bertz CT molecular complexity index is 481. The lowest BCUT2D eigenvalue weighted by molar-refractivity contribution is 0.0696. The molecule has 0 amide bonds. The number of carboxylic acids is 1. The highest BCUT2D eigenvalue weighted by Crippen LogP contribution is 2.49. The Balaban J connectivity index is 1.66. The molecule has 3 rings (SSSR count). The zero-order valence-corrected chi connectivity index (χ0v) is 11.2. The van der Waals surface area contributed by atoms with Gasteiger partial charge in [0.25, 0.3) is 0 Å². The summed E-state index contributed by atoms with van der Waals surface area (Å²) >= 11 is 0. The lowest BCUT2D eigenvalue weighted by atomic mass is 9.98. The van der Waals surface area contributed by atoms with E-state index in [-0.39, 0.29) is 0 Å². The quantitative estimate of drug-likeness (QED) is 0.825. The lowest BCUT2D eigenvalue weighted by Crippen LogP contribution is -2.19. The van der Waals surface area contributed by atoms with Gasteiger partial charge in [-0.2, -0.15) is 0 Å². The summed E-state index contributed by atoms with van der Waals surface area (Å²) in [6.45, 7) is 2.77. The van der Waals surface area contributed by atoms with Gasteiger partial charge < -0.3 is 10.4 Å². The van der Waals surface area contributed by atoms with Crippen LogP contribution in [0.5, 0.6) is 0 Å². The van der Waals surface area contributed by atoms with Crippen LogP contribution in [0.2, 0.25) is 0 Å². The van der Waals surface area contributed by atoms with Crippen molar-refractivity contribution >= 4 is 11.8 Å². The van der Waals surface area contributed by atoms with Crippen LogP contribution in [0.1, 0.15) is 41.7 Å². The van der Waals surface area contributed by atoms with E-state index in [1.807, 2.05) is 6.92 Å². The zero-order chi connectivity index (χ0) is 13.4. The van der Waals surface area contributed by atoms with E-state index >= 15 is 0 Å². The third-order valence-corrected chi connectivity index (χ3v) is 4.17. The molecule has 0 radical (unpaired) electrons. The smallest absolute Gasteiger partial charge is 0.335 e. The molecule has 0 aromatic carbocycles. The van der Waals surface area contributed by atoms with Gasteiger partial charge in [0.15, 0.2) is 0 Å². The van der Waals surface area contributed by atoms with Gasteiger partial charge in [0.1, 0.15) is 5.82 Å². The molecule has 4 nitrogen and oxygen atoms in total. The van der Waals surface area contributed by atoms with Crippen molar-refractivity contribution in [1.82, 2.24) is 4.98 Å². The van der Waals surface area contributed by atoms with Gasteiger partial charge in [-0.3, -0.25) is 0 Å². The molecule has 0 atom stereocenters. The van der Waals surface area contributed by atoms with Gasteiger partial charge in [0.05, 0.1) is 5.56 Å². The zero-order valence-electron chi connectivity index (χ0n) is 11.2. The van der Waals surface area contributed by atoms with Crippen molar-refractivity contribution < 1.29 is 9.90 Å². The number of hydrogen-bond donors (Lipinski definition) is 2. The van der Waals surface area contributed by atoms with E-state index < -0.39 is 5.97 Å². The molecule has 1 heterocycles. The number of nitrogens with zero attached hydrogens (tertiary/aromatic N) is 1. The van der Waals surface area contributed by atoms with Gasteiger partial charge in [-0.25, -0.2) is 9.78 Å². The van der Waals surface area contributed by atoms with Crippen molar-refractivity contribution in [2.24, 2.45) is 17.8 Å². The maximum atomic E-state index is 11.0. The third kappa shape index (κ3) is 3.06. The second-order valence-electron chi connectivity index (χ2n) is 5.91. The first-order valence-electron chi connectivity index (χ1n) is 7.09. The molecule has 2 saturated carbocycles. The van der Waals surface area contributed by atoms with Crippen LogP contribution >= 0.6 is 0 Å². The second-order valence-corrected chi connectivity index (χ2v) is 5.91. The first-order valence-corrected chi connectivity index (χ1v) is 7.09. The van der Waals surface area contributed by atoms with Gasteiger partial charge in [0.2, 0.25) is 0 Å². The fourth-order valence-electron chi connectivity index (χ4n) is 2.87. The molecule has 2 N–H and O–H groups in total. The number of anilines is 1. The van der Waals surface area contributed by atoms with Crippen molar-refractivity contribution in [3.8, 4) is 0 Å². The van der Waals surface area contributed by atoms with Crippen molar-refractivity contribution in [2.45, 2.75) is 32.6 Å². The van der Waals surface area contributed by atoms with Crippen molar-refractivity contribution in [3.05, 3.63) is 23.4 Å². The fourth-order valence-corrected chi connectivity index (χ4v) is 2.87. The van der Waals surface area contributed by atoms with Crippen molar-refractivity contribution in [3.63, 3.8) is 0 Å². The summed E-state index contributed by atoms with van der Waals surface area (Å²) in [5, 5.41) is 12.4. The molecular formula is C15H20N2O2. The molecule has 0 aliphatic heterocycles. The molecule has 1 aromatic rings. The van der Waals surface area contributed by atoms with Gasteiger partial charge in [-0.05, 0) is 62.5 Å². The number of aromatic nitrogens is 1. The topological polar surface area (TPSA) is 62.2 Å². The molecule has 2 aliphatic carbocycles. The van der Waals surface area contributed by atoms with Gasteiger partial charge in [-0.1, -0.05) is 0 Å². The number of rotatable bonds is 6. The molecule has 19 heavy (non-hydrogen) atoms. The van der Waals surface area contributed by atoms with E-state index in [2.05, 4.69) is 10.3 Å². The predicted molar refractivity (Wildman–Crippen MR) is 73.4 cm³/mol. The molecule has 2 fully saturated rings. The summed E-state index contributed by atoms with van der Waals surface area (Å²) in [5.41, 5.74) is 1.06. The minimum Gasteiger partial charge on any atom is -0.478 e. The SMILES string of the molecule is Cc1cc(C(=O)O)cc(NCC(C2CC2)C2CC2)n1. The molecule has 4 heteroatoms. The molecule has 0 bridgehead atoms. The minimum atomic E-state index is -0.894. The van der Waals surface area contributed by atoms with E-state index in [9.17, 15) is 4.79 Å². The summed E-state index contributed by atoms with van der Waals surface area (Å²) in [7, 11) is 0. The standard InChI is InChI=1S/C15H20N2O2/c1-9-6-12(15(18)19)7-14(17-9)16-8-13(10-2-3-10)11-4-5-11/h6-7,10-11,13H,2-5,8H2,1H3,(H,16,17)(H,18,19). The van der Waals surface area contributed by atoms with Crippen LogP contribution in [0.25, 0.3) is 0 Å². The summed E-state index contributed by atoms with van der Waals surface area (Å²) in [4.78, 5) is 15.4. The number of pyridine rings is 1. The monoisotopic (exact) mass is 260 g/mol. The average molecular weight is 260 g/mol. The van der Waals surface area contributed by atoms with Crippen LogP contribution in [-0.4, -0.2) is 22.6 Å². The molecule has 2 aliphatic rings. The molecule has 0 spiro atoms. The molecule has 0 unspecified atom stereocenters. The average Bonchev–Trinajstić information content (AvgIpc) is 3.23. The van der Waals surface area contributed by atoms with Crippen molar-refractivity contribution in [1.29, 1.82) is 0 Å². The van der Waals surface area contributed by atoms with E-state index in [1.165, 1.54) is 25.7 Å². The van der Waals surface area contributed by atoms with Crippen LogP contribution in [0.4, 0.5) is 5.82 Å². The normalized spacial score (nSPS) is 18.6. The van der Waals surface area contributed by atoms with Crippen LogP contribution in [0.3, 0.4) is 0 Å². The first kappa shape index (κ1) is 12.5. The Labute approximate surface area is 113 Å². The van der Waals surface area contributed by atoms with Crippen molar-refractivity contribution in [2.75, 3.05) is 11.9 Å². The van der Waals surface area contributed by atoms with Crippen LogP contribution in [-0.2, 0) is 0 Å². The second kappa shape index (κ2) is 4.83. The van der Waals surface area contributed by atoms with Crippen LogP contribution in [0, 0.1) is 24.7 Å². The summed E-state index contributed by atoms with van der Waals surface area (Å²) < 4.78 is 0. The maximum Gasteiger partial charge on any atom is 0.335 e. The number of carbonyl (C=O) groups is 1. The summed E-state index contributed by atoms with van der Waals surface area (Å²) in [5.74, 6) is 2.35. The number of nitrogens with one attached hydrogen (secondary N) is 1. The highest BCUT2D eigenvalue weighted by Gasteiger charge is 2.41. The van der Waals surface area contributed by atoms with E-state index in [4.69, 9.17) is 5.11 Å². The maximum absolute atomic E-state index is 11.0. The van der Waals surface area contributed by atoms with Crippen LogP contribution < -0.4 is 5.32 Å². The van der Waals surface area contributed by atoms with Gasteiger partial charge in [-0.15, -0.1) is 0 Å². The van der Waals surface area contributed by atoms with Crippen LogP contribution in [0.15, 0.2) is 12.1 Å². The Morgan fingerprint density at radius 2 is 2.00 bits per heavy atom. The summed E-state index contributed by atoms with van der Waals surface area (Å²) in [6.07, 6.45) is 5.46. The fraction of sp³-hybridized carbons (Fsp3) is 0.600. The molecule has 1 aromatic heterocycles. The predicted octanol–water partition coefficient (Wildman–Crippen LogP) is 2.94. The highest BCUT2D eigenvalue weighted by molar-refractivity contribution is 5.88. The third-order valence-electron chi connectivity index (χ3n) is 4.17. The van der Waals surface area contributed by atoms with E-state index in [1.54, 1.807) is 12.1 Å². The van der Waals surface area contributed by atoms with E-state index in [0.29, 0.717) is 11.4 Å². The Hall–Kier alpha value is -1.58. The van der Waals surface area contributed by atoms with Gasteiger partial charge >= 0.3 is 5.97 Å². The number of hydrogen-bond acceptors (Lipinski definition) is 3. The Kier molecular flexibility index (Phi) is 3.17. The largest absolute Gasteiger partial charge is 0.478 e. The number of aromatic carboxylic acids is 1. The molecule has 102 valence electrons. The molecule has 0 saturated heterocycles.